The van der Waals surface area contributed by atoms with E-state index in [1.807, 2.05) is 4.90 Å². The summed E-state index contributed by atoms with van der Waals surface area (Å²) >= 11 is 0. The van der Waals surface area contributed by atoms with Gasteiger partial charge in [-0.05, 0) is 17.5 Å². The molecular weight excluding hydrogens is 248 g/mol. The maximum absolute atomic E-state index is 11.6. The molecule has 1 atom stereocenters. The van der Waals surface area contributed by atoms with E-state index < -0.39 is 0 Å². The van der Waals surface area contributed by atoms with Crippen molar-refractivity contribution in [2.75, 3.05) is 19.6 Å². The van der Waals surface area contributed by atoms with Crippen molar-refractivity contribution in [3.05, 3.63) is 35.4 Å². The van der Waals surface area contributed by atoms with Crippen LogP contribution in [-0.4, -0.2) is 30.4 Å². The highest BCUT2D eigenvalue weighted by Crippen LogP contribution is 2.22. The van der Waals surface area contributed by atoms with E-state index in [0.717, 1.165) is 26.1 Å². The summed E-state index contributed by atoms with van der Waals surface area (Å²) in [7, 11) is 0. The Hall–Kier alpha value is -1.06. The fourth-order valence-electron chi connectivity index (χ4n) is 2.35. The minimum atomic E-state index is 0. The Bertz CT molecular complexity index is 391. The highest BCUT2D eigenvalue weighted by atomic mass is 35.5. The van der Waals surface area contributed by atoms with Gasteiger partial charge in [0.1, 0.15) is 0 Å². The molecule has 1 fully saturated rings. The van der Waals surface area contributed by atoms with Crippen LogP contribution < -0.4 is 5.32 Å². The van der Waals surface area contributed by atoms with E-state index in [2.05, 4.69) is 36.5 Å². The zero-order chi connectivity index (χ0) is 12.3. The smallest absolute Gasteiger partial charge is 0.220 e. The molecule has 1 unspecified atom stereocenters. The SMILES string of the molecule is CCc1ccc(C2CNCCN2C(C)=O)cc1.Cl. The lowest BCUT2D eigenvalue weighted by Gasteiger charge is -2.36. The quantitative estimate of drug-likeness (QED) is 0.892. The summed E-state index contributed by atoms with van der Waals surface area (Å²) < 4.78 is 0. The number of hydrogen-bond acceptors (Lipinski definition) is 2. The van der Waals surface area contributed by atoms with Crippen LogP contribution in [0.15, 0.2) is 24.3 Å². The van der Waals surface area contributed by atoms with Crippen LogP contribution in [0.1, 0.15) is 31.0 Å². The first-order chi connectivity index (χ1) is 8.22. The number of carbonyl (C=O) groups excluding carboxylic acids is 1. The largest absolute Gasteiger partial charge is 0.333 e. The molecule has 0 aromatic heterocycles. The zero-order valence-corrected chi connectivity index (χ0v) is 11.8. The number of hydrogen-bond donors (Lipinski definition) is 1. The number of piperazine rings is 1. The number of rotatable bonds is 2. The summed E-state index contributed by atoms with van der Waals surface area (Å²) in [6.45, 7) is 6.35. The molecule has 0 aliphatic carbocycles. The van der Waals surface area contributed by atoms with Gasteiger partial charge in [0, 0.05) is 26.6 Å². The zero-order valence-electron chi connectivity index (χ0n) is 11.0. The molecule has 0 radical (unpaired) electrons. The Balaban J connectivity index is 0.00000162. The summed E-state index contributed by atoms with van der Waals surface area (Å²) in [5, 5.41) is 3.35. The van der Waals surface area contributed by atoms with Crippen molar-refractivity contribution < 1.29 is 4.79 Å². The summed E-state index contributed by atoms with van der Waals surface area (Å²) in [4.78, 5) is 13.6. The topological polar surface area (TPSA) is 32.3 Å². The lowest BCUT2D eigenvalue weighted by Crippen LogP contribution is -2.47. The molecule has 1 aliphatic heterocycles. The third kappa shape index (κ3) is 3.24. The van der Waals surface area contributed by atoms with Crippen LogP contribution in [0.3, 0.4) is 0 Å². The minimum absolute atomic E-state index is 0. The normalized spacial score (nSPS) is 19.2. The van der Waals surface area contributed by atoms with Gasteiger partial charge < -0.3 is 10.2 Å². The van der Waals surface area contributed by atoms with Gasteiger partial charge in [0.25, 0.3) is 0 Å². The first-order valence-corrected chi connectivity index (χ1v) is 6.29. The summed E-state index contributed by atoms with van der Waals surface area (Å²) in [6.07, 6.45) is 1.06. The van der Waals surface area contributed by atoms with Gasteiger partial charge in [-0.25, -0.2) is 0 Å². The van der Waals surface area contributed by atoms with Crippen LogP contribution in [-0.2, 0) is 11.2 Å². The Morgan fingerprint density at radius 1 is 1.39 bits per heavy atom. The molecule has 1 N–H and O–H groups in total. The van der Waals surface area contributed by atoms with E-state index in [9.17, 15) is 4.79 Å². The van der Waals surface area contributed by atoms with E-state index in [4.69, 9.17) is 0 Å². The molecule has 1 amide bonds. The second-order valence-electron chi connectivity index (χ2n) is 4.53. The highest BCUT2D eigenvalue weighted by Gasteiger charge is 2.25. The fourth-order valence-corrected chi connectivity index (χ4v) is 2.35. The maximum atomic E-state index is 11.6. The Labute approximate surface area is 115 Å². The molecule has 0 saturated carbocycles. The van der Waals surface area contributed by atoms with Crippen molar-refractivity contribution in [1.82, 2.24) is 10.2 Å². The van der Waals surface area contributed by atoms with Crippen LogP contribution in [0.2, 0.25) is 0 Å². The minimum Gasteiger partial charge on any atom is -0.333 e. The first-order valence-electron chi connectivity index (χ1n) is 6.29. The van der Waals surface area contributed by atoms with Crippen LogP contribution in [0.25, 0.3) is 0 Å². The van der Waals surface area contributed by atoms with Crippen molar-refractivity contribution in [1.29, 1.82) is 0 Å². The van der Waals surface area contributed by atoms with Crippen LogP contribution in [0.5, 0.6) is 0 Å². The van der Waals surface area contributed by atoms with Crippen LogP contribution >= 0.6 is 12.4 Å². The Morgan fingerprint density at radius 2 is 2.06 bits per heavy atom. The van der Waals surface area contributed by atoms with Crippen molar-refractivity contribution in [3.63, 3.8) is 0 Å². The number of nitrogens with zero attached hydrogens (tertiary/aromatic N) is 1. The number of carbonyl (C=O) groups is 1. The molecule has 1 aromatic rings. The Morgan fingerprint density at radius 3 is 2.61 bits per heavy atom. The number of amides is 1. The predicted molar refractivity (Wildman–Crippen MR) is 76.1 cm³/mol. The van der Waals surface area contributed by atoms with Crippen molar-refractivity contribution >= 4 is 18.3 Å². The number of benzene rings is 1. The third-order valence-corrected chi connectivity index (χ3v) is 3.42. The molecule has 2 rings (SSSR count). The molecule has 1 aromatic carbocycles. The lowest BCUT2D eigenvalue weighted by molar-refractivity contribution is -0.132. The van der Waals surface area contributed by atoms with Gasteiger partial charge in [0.15, 0.2) is 0 Å². The van der Waals surface area contributed by atoms with Gasteiger partial charge in [-0.1, -0.05) is 31.2 Å². The second kappa shape index (κ2) is 6.76. The van der Waals surface area contributed by atoms with Gasteiger partial charge >= 0.3 is 0 Å². The maximum Gasteiger partial charge on any atom is 0.220 e. The summed E-state index contributed by atoms with van der Waals surface area (Å²) in [6, 6.07) is 8.79. The van der Waals surface area contributed by atoms with Gasteiger partial charge in [-0.3, -0.25) is 4.79 Å². The van der Waals surface area contributed by atoms with Crippen molar-refractivity contribution in [3.8, 4) is 0 Å². The van der Waals surface area contributed by atoms with Gasteiger partial charge in [0.2, 0.25) is 5.91 Å². The fraction of sp³-hybridized carbons (Fsp3) is 0.500. The van der Waals surface area contributed by atoms with E-state index >= 15 is 0 Å². The molecular formula is C14H21ClN2O. The molecule has 1 aliphatic rings. The molecule has 4 heteroatoms. The Kier molecular flexibility index (Phi) is 5.63. The average molecular weight is 269 g/mol. The van der Waals surface area contributed by atoms with Crippen molar-refractivity contribution in [2.24, 2.45) is 0 Å². The molecule has 100 valence electrons. The molecule has 1 heterocycles. The standard InChI is InChI=1S/C14H20N2O.ClH/c1-3-12-4-6-13(7-5-12)14-10-15-8-9-16(14)11(2)17;/h4-7,14-15H,3,8-10H2,1-2H3;1H. The molecule has 3 nitrogen and oxygen atoms in total. The molecule has 0 spiro atoms. The highest BCUT2D eigenvalue weighted by molar-refractivity contribution is 5.85. The van der Waals surface area contributed by atoms with E-state index in [1.165, 1.54) is 11.1 Å². The van der Waals surface area contributed by atoms with Gasteiger partial charge in [-0.15, -0.1) is 12.4 Å². The van der Waals surface area contributed by atoms with Gasteiger partial charge in [-0.2, -0.15) is 0 Å². The third-order valence-electron chi connectivity index (χ3n) is 3.42. The first kappa shape index (κ1) is 15.0. The predicted octanol–water partition coefficient (Wildman–Crippen LogP) is 2.16. The summed E-state index contributed by atoms with van der Waals surface area (Å²) in [5.74, 6) is 0.163. The average Bonchev–Trinajstić information content (AvgIpc) is 2.39. The number of halogens is 1. The summed E-state index contributed by atoms with van der Waals surface area (Å²) in [5.41, 5.74) is 2.57. The lowest BCUT2D eigenvalue weighted by atomic mass is 10.0. The number of aryl methyl sites for hydroxylation is 1. The monoisotopic (exact) mass is 268 g/mol. The van der Waals surface area contributed by atoms with E-state index in [0.29, 0.717) is 0 Å². The van der Waals surface area contributed by atoms with Gasteiger partial charge in [0.05, 0.1) is 6.04 Å². The van der Waals surface area contributed by atoms with Crippen LogP contribution in [0.4, 0.5) is 0 Å². The molecule has 0 bridgehead atoms. The second-order valence-corrected chi connectivity index (χ2v) is 4.53. The van der Waals surface area contributed by atoms with E-state index in [1.54, 1.807) is 6.92 Å². The molecule has 18 heavy (non-hydrogen) atoms. The molecule has 1 saturated heterocycles. The van der Waals surface area contributed by atoms with Crippen LogP contribution in [0, 0.1) is 0 Å². The van der Waals surface area contributed by atoms with E-state index in [-0.39, 0.29) is 24.4 Å². The van der Waals surface area contributed by atoms with Crippen molar-refractivity contribution in [2.45, 2.75) is 26.3 Å². The number of nitrogens with one attached hydrogen (secondary N) is 1.